The molecule has 0 saturated heterocycles. The number of benzene rings is 2. The number of nitrogens with zero attached hydrogens (tertiary/aromatic N) is 3. The standard InChI is InChI=1S/C15H10N4O/c20-15-18-17-13-11-8-4-5-9-12(11)16-14(13)19(15)10-6-2-1-3-7-10/h1-9,16H. The van der Waals surface area contributed by atoms with Crippen LogP contribution in [0.2, 0.25) is 0 Å². The summed E-state index contributed by atoms with van der Waals surface area (Å²) in [6.45, 7) is 0. The van der Waals surface area contributed by atoms with Crippen molar-refractivity contribution in [2.75, 3.05) is 0 Å². The molecule has 0 amide bonds. The van der Waals surface area contributed by atoms with Gasteiger partial charge in [0.25, 0.3) is 0 Å². The number of H-pyrrole nitrogens is 1. The Morgan fingerprint density at radius 1 is 0.900 bits per heavy atom. The van der Waals surface area contributed by atoms with Gasteiger partial charge in [-0.1, -0.05) is 41.5 Å². The Bertz CT molecular complexity index is 969. The molecule has 2 heterocycles. The van der Waals surface area contributed by atoms with Gasteiger partial charge in [-0.25, -0.2) is 9.36 Å². The molecule has 0 fully saturated rings. The van der Waals surface area contributed by atoms with Crippen LogP contribution in [-0.4, -0.2) is 19.7 Å². The lowest BCUT2D eigenvalue weighted by Crippen LogP contribution is -2.22. The summed E-state index contributed by atoms with van der Waals surface area (Å²) in [7, 11) is 0. The molecule has 2 aromatic heterocycles. The summed E-state index contributed by atoms with van der Waals surface area (Å²) >= 11 is 0. The minimum absolute atomic E-state index is 0.393. The molecule has 0 aliphatic rings. The van der Waals surface area contributed by atoms with Crippen molar-refractivity contribution in [2.45, 2.75) is 0 Å². The molecule has 5 nitrogen and oxygen atoms in total. The average Bonchev–Trinajstić information content (AvgIpc) is 2.86. The van der Waals surface area contributed by atoms with Gasteiger partial charge >= 0.3 is 5.69 Å². The van der Waals surface area contributed by atoms with E-state index in [1.165, 1.54) is 0 Å². The maximum Gasteiger partial charge on any atom is 0.372 e. The van der Waals surface area contributed by atoms with E-state index in [1.54, 1.807) is 4.57 Å². The van der Waals surface area contributed by atoms with E-state index < -0.39 is 5.69 Å². The molecule has 4 aromatic rings. The molecule has 0 aliphatic heterocycles. The van der Waals surface area contributed by atoms with Crippen LogP contribution in [-0.2, 0) is 0 Å². The zero-order chi connectivity index (χ0) is 13.5. The van der Waals surface area contributed by atoms with E-state index in [-0.39, 0.29) is 0 Å². The highest BCUT2D eigenvalue weighted by Gasteiger charge is 2.12. The first-order valence-electron chi connectivity index (χ1n) is 6.26. The van der Waals surface area contributed by atoms with Gasteiger partial charge in [-0.05, 0) is 18.2 Å². The number of para-hydroxylation sites is 2. The maximum absolute atomic E-state index is 12.1. The molecular weight excluding hydrogens is 252 g/mol. The van der Waals surface area contributed by atoms with Crippen LogP contribution in [0.4, 0.5) is 0 Å². The van der Waals surface area contributed by atoms with Crippen molar-refractivity contribution in [2.24, 2.45) is 0 Å². The highest BCUT2D eigenvalue weighted by atomic mass is 16.1. The molecule has 0 unspecified atom stereocenters. The quantitative estimate of drug-likeness (QED) is 0.572. The van der Waals surface area contributed by atoms with Crippen molar-refractivity contribution in [1.82, 2.24) is 19.7 Å². The second-order valence-electron chi connectivity index (χ2n) is 4.52. The molecule has 20 heavy (non-hydrogen) atoms. The van der Waals surface area contributed by atoms with Crippen molar-refractivity contribution < 1.29 is 0 Å². The third-order valence-corrected chi connectivity index (χ3v) is 3.32. The van der Waals surface area contributed by atoms with Crippen LogP contribution >= 0.6 is 0 Å². The van der Waals surface area contributed by atoms with Gasteiger partial charge in [-0.15, -0.1) is 5.10 Å². The smallest absolute Gasteiger partial charge is 0.339 e. The Balaban J connectivity index is 2.20. The summed E-state index contributed by atoms with van der Waals surface area (Å²) in [5.41, 5.74) is 2.67. The summed E-state index contributed by atoms with van der Waals surface area (Å²) in [6.07, 6.45) is 0. The normalized spacial score (nSPS) is 11.2. The number of aromatic nitrogens is 4. The number of fused-ring (bicyclic) bond motifs is 3. The van der Waals surface area contributed by atoms with Crippen LogP contribution in [0.1, 0.15) is 0 Å². The molecule has 1 N–H and O–H groups in total. The van der Waals surface area contributed by atoms with E-state index in [1.807, 2.05) is 54.6 Å². The molecule has 0 bridgehead atoms. The number of nitrogens with one attached hydrogen (secondary N) is 1. The van der Waals surface area contributed by atoms with Crippen LogP contribution in [0.5, 0.6) is 0 Å². The fourth-order valence-corrected chi connectivity index (χ4v) is 2.43. The molecule has 0 aliphatic carbocycles. The predicted molar refractivity (Wildman–Crippen MR) is 77.0 cm³/mol. The average molecular weight is 262 g/mol. The molecule has 0 atom stereocenters. The number of hydrogen-bond acceptors (Lipinski definition) is 3. The Morgan fingerprint density at radius 2 is 1.65 bits per heavy atom. The number of rotatable bonds is 1. The molecule has 0 saturated carbocycles. The second-order valence-corrected chi connectivity index (χ2v) is 4.52. The third kappa shape index (κ3) is 1.46. The van der Waals surface area contributed by atoms with Crippen LogP contribution in [0.25, 0.3) is 27.8 Å². The van der Waals surface area contributed by atoms with Gasteiger partial charge in [0.2, 0.25) is 0 Å². The van der Waals surface area contributed by atoms with Gasteiger partial charge < -0.3 is 4.98 Å². The largest absolute Gasteiger partial charge is 0.372 e. The van der Waals surface area contributed by atoms with E-state index in [2.05, 4.69) is 15.2 Å². The highest BCUT2D eigenvalue weighted by Crippen LogP contribution is 2.23. The van der Waals surface area contributed by atoms with Gasteiger partial charge in [0.05, 0.1) is 5.69 Å². The molecule has 0 radical (unpaired) electrons. The molecule has 2 aromatic carbocycles. The zero-order valence-electron chi connectivity index (χ0n) is 10.4. The second kappa shape index (κ2) is 4.03. The fourth-order valence-electron chi connectivity index (χ4n) is 2.43. The predicted octanol–water partition coefficient (Wildman–Crippen LogP) is 2.26. The molecule has 0 spiro atoms. The van der Waals surface area contributed by atoms with Crippen LogP contribution in [0.3, 0.4) is 0 Å². The zero-order valence-corrected chi connectivity index (χ0v) is 10.4. The van der Waals surface area contributed by atoms with Crippen LogP contribution < -0.4 is 5.69 Å². The Hall–Kier alpha value is -2.95. The summed E-state index contributed by atoms with van der Waals surface area (Å²) in [4.78, 5) is 15.3. The Labute approximate surface area is 113 Å². The first-order valence-corrected chi connectivity index (χ1v) is 6.26. The van der Waals surface area contributed by atoms with E-state index in [9.17, 15) is 4.79 Å². The summed E-state index contributed by atoms with van der Waals surface area (Å²) in [6, 6.07) is 17.2. The fraction of sp³-hybridized carbons (Fsp3) is 0. The Morgan fingerprint density at radius 3 is 2.50 bits per heavy atom. The third-order valence-electron chi connectivity index (χ3n) is 3.32. The monoisotopic (exact) mass is 262 g/mol. The van der Waals surface area contributed by atoms with Crippen molar-refractivity contribution in [1.29, 1.82) is 0 Å². The maximum atomic E-state index is 12.1. The van der Waals surface area contributed by atoms with Crippen molar-refractivity contribution in [3.05, 3.63) is 65.1 Å². The number of hydrogen-bond donors (Lipinski definition) is 1. The van der Waals surface area contributed by atoms with Gasteiger partial charge in [0.15, 0.2) is 0 Å². The summed E-state index contributed by atoms with van der Waals surface area (Å²) < 4.78 is 1.54. The van der Waals surface area contributed by atoms with Gasteiger partial charge in [0, 0.05) is 10.9 Å². The van der Waals surface area contributed by atoms with E-state index in [0.29, 0.717) is 11.2 Å². The molecular formula is C15H10N4O. The highest BCUT2D eigenvalue weighted by molar-refractivity contribution is 6.03. The van der Waals surface area contributed by atoms with Crippen LogP contribution in [0.15, 0.2) is 59.4 Å². The minimum atomic E-state index is -0.393. The summed E-state index contributed by atoms with van der Waals surface area (Å²) in [5, 5.41) is 8.74. The SMILES string of the molecule is O=c1nnc2c3ccccc3[nH]c2n1-c1ccccc1. The Kier molecular flexibility index (Phi) is 2.20. The van der Waals surface area contributed by atoms with Crippen molar-refractivity contribution in [3.8, 4) is 5.69 Å². The number of aromatic amines is 1. The van der Waals surface area contributed by atoms with Gasteiger partial charge in [0.1, 0.15) is 11.2 Å². The first-order chi connectivity index (χ1) is 9.84. The minimum Gasteiger partial charge on any atom is -0.339 e. The van der Waals surface area contributed by atoms with Crippen molar-refractivity contribution in [3.63, 3.8) is 0 Å². The molecule has 5 heteroatoms. The lowest BCUT2D eigenvalue weighted by molar-refractivity contribution is 0.872. The van der Waals surface area contributed by atoms with Gasteiger partial charge in [-0.3, -0.25) is 0 Å². The van der Waals surface area contributed by atoms with Crippen molar-refractivity contribution >= 4 is 22.1 Å². The lowest BCUT2D eigenvalue weighted by atomic mass is 10.2. The van der Waals surface area contributed by atoms with E-state index in [4.69, 9.17) is 0 Å². The molecule has 96 valence electrons. The summed E-state index contributed by atoms with van der Waals surface area (Å²) in [5.74, 6) is 0. The van der Waals surface area contributed by atoms with E-state index in [0.717, 1.165) is 16.6 Å². The lowest BCUT2D eigenvalue weighted by Gasteiger charge is -2.04. The van der Waals surface area contributed by atoms with Crippen LogP contribution in [0, 0.1) is 0 Å². The van der Waals surface area contributed by atoms with E-state index >= 15 is 0 Å². The van der Waals surface area contributed by atoms with Gasteiger partial charge in [-0.2, -0.15) is 0 Å². The topological polar surface area (TPSA) is 63.6 Å². The molecule has 4 rings (SSSR count). The first kappa shape index (κ1) is 10.9.